The number of halogens is 1. The van der Waals surface area contributed by atoms with Crippen molar-refractivity contribution in [1.29, 1.82) is 0 Å². The monoisotopic (exact) mass is 275 g/mol. The molecule has 0 unspecified atom stereocenters. The molecule has 0 fully saturated rings. The van der Waals surface area contributed by atoms with E-state index in [0.29, 0.717) is 11.0 Å². The van der Waals surface area contributed by atoms with Crippen LogP contribution in [-0.2, 0) is 6.54 Å². The summed E-state index contributed by atoms with van der Waals surface area (Å²) in [6.07, 6.45) is 1.80. The van der Waals surface area contributed by atoms with Crippen molar-refractivity contribution in [2.75, 3.05) is 0 Å². The molecule has 0 atom stereocenters. The van der Waals surface area contributed by atoms with Gasteiger partial charge >= 0.3 is 0 Å². The average molecular weight is 276 g/mol. The van der Waals surface area contributed by atoms with Crippen molar-refractivity contribution in [3.05, 3.63) is 35.0 Å². The van der Waals surface area contributed by atoms with E-state index >= 15 is 0 Å². The molecule has 0 amide bonds. The van der Waals surface area contributed by atoms with Crippen molar-refractivity contribution >= 4 is 22.6 Å². The van der Waals surface area contributed by atoms with Crippen molar-refractivity contribution in [3.63, 3.8) is 0 Å². The van der Waals surface area contributed by atoms with Crippen molar-refractivity contribution < 1.29 is 0 Å². The lowest BCUT2D eigenvalue weighted by atomic mass is 10.3. The summed E-state index contributed by atoms with van der Waals surface area (Å²) >= 11 is 6.13. The molecule has 0 spiro atoms. The standard InChI is InChI=1S/C13H14ClN5/c1-4-18-7-15-12-10(18)6-11(14)16-13(12)19-9(3)5-8(2)17-19/h5-7H,4H2,1-3H3. The van der Waals surface area contributed by atoms with Gasteiger partial charge in [0.25, 0.3) is 0 Å². The molecule has 0 radical (unpaired) electrons. The molecule has 98 valence electrons. The van der Waals surface area contributed by atoms with Gasteiger partial charge in [-0.25, -0.2) is 14.6 Å². The number of pyridine rings is 1. The molecule has 6 heteroatoms. The molecule has 19 heavy (non-hydrogen) atoms. The van der Waals surface area contributed by atoms with Gasteiger partial charge in [-0.1, -0.05) is 11.6 Å². The van der Waals surface area contributed by atoms with Gasteiger partial charge < -0.3 is 4.57 Å². The summed E-state index contributed by atoms with van der Waals surface area (Å²) in [6, 6.07) is 3.84. The second kappa shape index (κ2) is 4.35. The zero-order chi connectivity index (χ0) is 13.6. The molecule has 0 bridgehead atoms. The lowest BCUT2D eigenvalue weighted by Gasteiger charge is -2.06. The SMILES string of the molecule is CCn1cnc2c(-n3nc(C)cc3C)nc(Cl)cc21. The van der Waals surface area contributed by atoms with Crippen LogP contribution < -0.4 is 0 Å². The normalized spacial score (nSPS) is 11.4. The maximum atomic E-state index is 6.13. The van der Waals surface area contributed by atoms with Crippen LogP contribution in [0.25, 0.3) is 16.9 Å². The Morgan fingerprint density at radius 1 is 1.26 bits per heavy atom. The molecule has 3 aromatic rings. The molecule has 0 saturated carbocycles. The first-order valence-electron chi connectivity index (χ1n) is 6.15. The van der Waals surface area contributed by atoms with E-state index < -0.39 is 0 Å². The minimum absolute atomic E-state index is 0.449. The van der Waals surface area contributed by atoms with Crippen LogP contribution in [0.5, 0.6) is 0 Å². The zero-order valence-electron chi connectivity index (χ0n) is 11.1. The molecular weight excluding hydrogens is 262 g/mol. The van der Waals surface area contributed by atoms with E-state index in [1.165, 1.54) is 0 Å². The van der Waals surface area contributed by atoms with Crippen molar-refractivity contribution in [2.45, 2.75) is 27.3 Å². The Labute approximate surface area is 115 Å². The fraction of sp³-hybridized carbons (Fsp3) is 0.308. The predicted molar refractivity (Wildman–Crippen MR) is 74.8 cm³/mol. The summed E-state index contributed by atoms with van der Waals surface area (Å²) in [5, 5.41) is 4.90. The molecule has 0 saturated heterocycles. The first-order valence-corrected chi connectivity index (χ1v) is 6.53. The highest BCUT2D eigenvalue weighted by atomic mass is 35.5. The second-order valence-corrected chi connectivity index (χ2v) is 4.89. The lowest BCUT2D eigenvalue weighted by molar-refractivity contribution is 0.786. The third kappa shape index (κ3) is 1.90. The van der Waals surface area contributed by atoms with Gasteiger partial charge in [-0.15, -0.1) is 0 Å². The maximum Gasteiger partial charge on any atom is 0.183 e. The number of aryl methyl sites for hydroxylation is 3. The molecule has 0 aliphatic carbocycles. The van der Waals surface area contributed by atoms with Crippen molar-refractivity contribution in [3.8, 4) is 5.82 Å². The molecule has 3 heterocycles. The molecule has 5 nitrogen and oxygen atoms in total. The molecule has 0 aliphatic heterocycles. The number of imidazole rings is 1. The Morgan fingerprint density at radius 3 is 2.68 bits per heavy atom. The topological polar surface area (TPSA) is 48.5 Å². The van der Waals surface area contributed by atoms with Crippen LogP contribution in [0.15, 0.2) is 18.5 Å². The van der Waals surface area contributed by atoms with Crippen LogP contribution in [0.4, 0.5) is 0 Å². The number of hydrogen-bond donors (Lipinski definition) is 0. The van der Waals surface area contributed by atoms with Crippen LogP contribution in [0.3, 0.4) is 0 Å². The summed E-state index contributed by atoms with van der Waals surface area (Å²) in [5.74, 6) is 0.681. The summed E-state index contributed by atoms with van der Waals surface area (Å²) in [5.41, 5.74) is 3.75. The third-order valence-electron chi connectivity index (χ3n) is 3.11. The van der Waals surface area contributed by atoms with Gasteiger partial charge in [-0.05, 0) is 26.8 Å². The lowest BCUT2D eigenvalue weighted by Crippen LogP contribution is -2.04. The van der Waals surface area contributed by atoms with Gasteiger partial charge in [0.05, 0.1) is 17.5 Å². The maximum absolute atomic E-state index is 6.13. The number of rotatable bonds is 2. The summed E-state index contributed by atoms with van der Waals surface area (Å²) < 4.78 is 3.83. The highest BCUT2D eigenvalue weighted by molar-refractivity contribution is 6.30. The molecule has 0 aromatic carbocycles. The first-order chi connectivity index (χ1) is 9.10. The molecule has 3 aromatic heterocycles. The minimum atomic E-state index is 0.449. The van der Waals surface area contributed by atoms with Gasteiger partial charge in [-0.3, -0.25) is 0 Å². The second-order valence-electron chi connectivity index (χ2n) is 4.51. The van der Waals surface area contributed by atoms with Crippen LogP contribution in [0, 0.1) is 13.8 Å². The van der Waals surface area contributed by atoms with E-state index in [2.05, 4.69) is 22.0 Å². The Kier molecular flexibility index (Phi) is 2.78. The average Bonchev–Trinajstić information content (AvgIpc) is 2.91. The number of nitrogens with zero attached hydrogens (tertiary/aromatic N) is 5. The molecule has 0 aliphatic rings. The van der Waals surface area contributed by atoms with Gasteiger partial charge in [0.2, 0.25) is 0 Å². The van der Waals surface area contributed by atoms with Crippen LogP contribution in [-0.4, -0.2) is 24.3 Å². The van der Waals surface area contributed by atoms with Crippen molar-refractivity contribution in [1.82, 2.24) is 24.3 Å². The Hall–Kier alpha value is -1.88. The van der Waals surface area contributed by atoms with Crippen LogP contribution in [0.1, 0.15) is 18.3 Å². The number of hydrogen-bond acceptors (Lipinski definition) is 3. The first kappa shape index (κ1) is 12.2. The van der Waals surface area contributed by atoms with Gasteiger partial charge in [-0.2, -0.15) is 5.10 Å². The fourth-order valence-corrected chi connectivity index (χ4v) is 2.44. The fourth-order valence-electron chi connectivity index (χ4n) is 2.26. The van der Waals surface area contributed by atoms with E-state index in [4.69, 9.17) is 11.6 Å². The summed E-state index contributed by atoms with van der Waals surface area (Å²) in [7, 11) is 0. The zero-order valence-corrected chi connectivity index (χ0v) is 11.8. The third-order valence-corrected chi connectivity index (χ3v) is 3.30. The molecule has 3 rings (SSSR count). The van der Waals surface area contributed by atoms with E-state index in [0.717, 1.165) is 29.0 Å². The summed E-state index contributed by atoms with van der Waals surface area (Å²) in [4.78, 5) is 8.82. The van der Waals surface area contributed by atoms with Gasteiger partial charge in [0, 0.05) is 18.3 Å². The minimum Gasteiger partial charge on any atom is -0.331 e. The van der Waals surface area contributed by atoms with E-state index in [-0.39, 0.29) is 0 Å². The Morgan fingerprint density at radius 2 is 2.05 bits per heavy atom. The van der Waals surface area contributed by atoms with Gasteiger partial charge in [0.15, 0.2) is 5.82 Å². The quantitative estimate of drug-likeness (QED) is 0.676. The predicted octanol–water partition coefficient (Wildman–Crippen LogP) is 2.91. The van der Waals surface area contributed by atoms with Gasteiger partial charge in [0.1, 0.15) is 10.7 Å². The number of aromatic nitrogens is 5. The Bertz CT molecular complexity index is 756. The van der Waals surface area contributed by atoms with Crippen LogP contribution in [0.2, 0.25) is 5.15 Å². The van der Waals surface area contributed by atoms with E-state index in [1.54, 1.807) is 11.0 Å². The molecular formula is C13H14ClN5. The largest absolute Gasteiger partial charge is 0.331 e. The van der Waals surface area contributed by atoms with E-state index in [1.807, 2.05) is 30.5 Å². The highest BCUT2D eigenvalue weighted by Gasteiger charge is 2.14. The van der Waals surface area contributed by atoms with E-state index in [9.17, 15) is 0 Å². The number of fused-ring (bicyclic) bond motifs is 1. The Balaban J connectivity index is 2.34. The highest BCUT2D eigenvalue weighted by Crippen LogP contribution is 2.23. The smallest absolute Gasteiger partial charge is 0.183 e. The molecule has 0 N–H and O–H groups in total. The van der Waals surface area contributed by atoms with Crippen molar-refractivity contribution in [2.24, 2.45) is 0 Å². The van der Waals surface area contributed by atoms with Crippen LogP contribution >= 0.6 is 11.6 Å². The summed E-state index contributed by atoms with van der Waals surface area (Å²) in [6.45, 7) is 6.85.